The van der Waals surface area contributed by atoms with Crippen molar-refractivity contribution in [1.29, 1.82) is 0 Å². The van der Waals surface area contributed by atoms with Gasteiger partial charge in [-0.1, -0.05) is 19.1 Å². The largest absolute Gasteiger partial charge is 0.478 e. The summed E-state index contributed by atoms with van der Waals surface area (Å²) in [5.41, 5.74) is 1.25. The highest BCUT2D eigenvalue weighted by molar-refractivity contribution is 5.87. The van der Waals surface area contributed by atoms with Crippen LogP contribution in [0.4, 0.5) is 0 Å². The lowest BCUT2D eigenvalue weighted by Gasteiger charge is -2.39. The average molecular weight is 305 g/mol. The van der Waals surface area contributed by atoms with E-state index >= 15 is 0 Å². The van der Waals surface area contributed by atoms with Crippen molar-refractivity contribution in [3.8, 4) is 0 Å². The molecule has 1 aromatic carbocycles. The minimum absolute atomic E-state index is 0.0996. The number of amides is 1. The number of hydrogen-bond acceptors (Lipinski definition) is 3. The van der Waals surface area contributed by atoms with Crippen LogP contribution in [-0.4, -0.2) is 48.7 Å². The molecule has 0 aliphatic carbocycles. The predicted octanol–water partition coefficient (Wildman–Crippen LogP) is 2.20. The number of carboxylic acid groups (broad SMARTS) is 1. The molecule has 1 saturated heterocycles. The first-order valence-corrected chi connectivity index (χ1v) is 7.52. The second-order valence-electron chi connectivity index (χ2n) is 6.30. The number of rotatable bonds is 5. The number of carboxylic acids is 1. The van der Waals surface area contributed by atoms with Crippen LogP contribution < -0.4 is 0 Å². The van der Waals surface area contributed by atoms with Crippen LogP contribution in [0.5, 0.6) is 0 Å². The smallest absolute Gasteiger partial charge is 0.335 e. The first kappa shape index (κ1) is 16.5. The highest BCUT2D eigenvalue weighted by Crippen LogP contribution is 2.31. The van der Waals surface area contributed by atoms with E-state index in [4.69, 9.17) is 9.84 Å². The Bertz CT molecular complexity index is 530. The van der Waals surface area contributed by atoms with Crippen molar-refractivity contribution >= 4 is 11.9 Å². The molecule has 0 atom stereocenters. The maximum atomic E-state index is 12.3. The average Bonchev–Trinajstić information content (AvgIpc) is 2.48. The van der Waals surface area contributed by atoms with Crippen molar-refractivity contribution in [2.75, 3.05) is 26.8 Å². The third-order valence-corrected chi connectivity index (χ3v) is 4.37. The van der Waals surface area contributed by atoms with Crippen molar-refractivity contribution < 1.29 is 19.4 Å². The zero-order chi connectivity index (χ0) is 16.2. The van der Waals surface area contributed by atoms with E-state index in [-0.39, 0.29) is 16.9 Å². The predicted molar refractivity (Wildman–Crippen MR) is 82.9 cm³/mol. The third-order valence-electron chi connectivity index (χ3n) is 4.37. The Morgan fingerprint density at radius 3 is 2.32 bits per heavy atom. The van der Waals surface area contributed by atoms with E-state index in [1.807, 2.05) is 4.90 Å². The monoisotopic (exact) mass is 305 g/mol. The summed E-state index contributed by atoms with van der Waals surface area (Å²) in [6.45, 7) is 4.44. The number of benzene rings is 1. The number of carbonyl (C=O) groups excluding carboxylic acids is 1. The zero-order valence-electron chi connectivity index (χ0n) is 13.2. The van der Waals surface area contributed by atoms with E-state index < -0.39 is 5.97 Å². The Hall–Kier alpha value is -1.88. The van der Waals surface area contributed by atoms with Crippen molar-refractivity contribution in [3.63, 3.8) is 0 Å². The fourth-order valence-electron chi connectivity index (χ4n) is 2.84. The van der Waals surface area contributed by atoms with Gasteiger partial charge in [0.1, 0.15) is 0 Å². The molecule has 1 aliphatic rings. The Balaban J connectivity index is 1.89. The summed E-state index contributed by atoms with van der Waals surface area (Å²) >= 11 is 0. The highest BCUT2D eigenvalue weighted by Gasteiger charge is 2.31. The van der Waals surface area contributed by atoms with E-state index in [9.17, 15) is 9.59 Å². The molecule has 5 heteroatoms. The molecule has 120 valence electrons. The van der Waals surface area contributed by atoms with Crippen LogP contribution in [0.15, 0.2) is 24.3 Å². The number of likely N-dealkylation sites (tertiary alicyclic amines) is 1. The Morgan fingerprint density at radius 2 is 1.82 bits per heavy atom. The van der Waals surface area contributed by atoms with Gasteiger partial charge >= 0.3 is 5.97 Å². The summed E-state index contributed by atoms with van der Waals surface area (Å²) in [7, 11) is 1.71. The summed E-state index contributed by atoms with van der Waals surface area (Å²) in [4.78, 5) is 25.0. The summed E-state index contributed by atoms with van der Waals surface area (Å²) in [6.07, 6.45) is 2.22. The standard InChI is InChI=1S/C17H23NO4/c1-17(12-22-2)7-9-18(10-8-17)15(19)11-13-3-5-14(6-4-13)16(20)21/h3-6H,7-12H2,1-2H3,(H,20,21). The van der Waals surface area contributed by atoms with Gasteiger partial charge in [0.15, 0.2) is 0 Å². The van der Waals surface area contributed by atoms with Crippen LogP contribution >= 0.6 is 0 Å². The number of carbonyl (C=O) groups is 2. The van der Waals surface area contributed by atoms with E-state index in [1.54, 1.807) is 19.2 Å². The molecule has 1 fully saturated rings. The van der Waals surface area contributed by atoms with Crippen LogP contribution in [0.2, 0.25) is 0 Å². The van der Waals surface area contributed by atoms with E-state index in [2.05, 4.69) is 6.92 Å². The van der Waals surface area contributed by atoms with Gasteiger partial charge in [-0.3, -0.25) is 4.79 Å². The van der Waals surface area contributed by atoms with Gasteiger partial charge in [-0.2, -0.15) is 0 Å². The number of hydrogen-bond donors (Lipinski definition) is 1. The Kier molecular flexibility index (Phi) is 5.19. The highest BCUT2D eigenvalue weighted by atomic mass is 16.5. The summed E-state index contributed by atoms with van der Waals surface area (Å²) in [5, 5.41) is 8.87. The van der Waals surface area contributed by atoms with Crippen LogP contribution in [0.3, 0.4) is 0 Å². The van der Waals surface area contributed by atoms with Crippen LogP contribution in [-0.2, 0) is 16.0 Å². The summed E-state index contributed by atoms with van der Waals surface area (Å²) in [5.74, 6) is -0.853. The van der Waals surface area contributed by atoms with E-state index in [0.717, 1.165) is 38.1 Å². The van der Waals surface area contributed by atoms with Gasteiger partial charge in [0.05, 0.1) is 18.6 Å². The van der Waals surface area contributed by atoms with Gasteiger partial charge in [-0.15, -0.1) is 0 Å². The maximum absolute atomic E-state index is 12.3. The maximum Gasteiger partial charge on any atom is 0.335 e. The number of nitrogens with zero attached hydrogens (tertiary/aromatic N) is 1. The van der Waals surface area contributed by atoms with Gasteiger partial charge in [0, 0.05) is 20.2 Å². The molecule has 22 heavy (non-hydrogen) atoms. The molecule has 2 rings (SSSR count). The fourth-order valence-corrected chi connectivity index (χ4v) is 2.84. The molecule has 1 aliphatic heterocycles. The molecule has 0 spiro atoms. The van der Waals surface area contributed by atoms with Crippen molar-refractivity contribution in [2.24, 2.45) is 5.41 Å². The fraction of sp³-hybridized carbons (Fsp3) is 0.529. The van der Waals surface area contributed by atoms with Crippen molar-refractivity contribution in [2.45, 2.75) is 26.2 Å². The second kappa shape index (κ2) is 6.92. The van der Waals surface area contributed by atoms with Crippen molar-refractivity contribution in [1.82, 2.24) is 4.90 Å². The van der Waals surface area contributed by atoms with E-state index in [1.165, 1.54) is 12.1 Å². The molecule has 0 aromatic heterocycles. The van der Waals surface area contributed by atoms with Gasteiger partial charge in [-0.25, -0.2) is 4.79 Å². The van der Waals surface area contributed by atoms with Crippen LogP contribution in [0.1, 0.15) is 35.7 Å². The van der Waals surface area contributed by atoms with Crippen molar-refractivity contribution in [3.05, 3.63) is 35.4 Å². The molecular weight excluding hydrogens is 282 g/mol. The Labute approximate surface area is 130 Å². The van der Waals surface area contributed by atoms with Crippen LogP contribution in [0, 0.1) is 5.41 Å². The quantitative estimate of drug-likeness (QED) is 0.905. The molecule has 1 N–H and O–H groups in total. The molecule has 1 aromatic rings. The first-order chi connectivity index (χ1) is 10.4. The van der Waals surface area contributed by atoms with Gasteiger partial charge in [0.2, 0.25) is 5.91 Å². The minimum atomic E-state index is -0.952. The van der Waals surface area contributed by atoms with E-state index in [0.29, 0.717) is 6.42 Å². The number of ether oxygens (including phenoxy) is 1. The normalized spacial score (nSPS) is 17.3. The molecule has 0 radical (unpaired) electrons. The minimum Gasteiger partial charge on any atom is -0.478 e. The molecular formula is C17H23NO4. The number of methoxy groups -OCH3 is 1. The number of aromatic carboxylic acids is 1. The van der Waals surface area contributed by atoms with Gasteiger partial charge in [0.25, 0.3) is 0 Å². The number of piperidine rings is 1. The SMILES string of the molecule is COCC1(C)CCN(C(=O)Cc2ccc(C(=O)O)cc2)CC1. The summed E-state index contributed by atoms with van der Waals surface area (Å²) in [6, 6.07) is 6.49. The molecule has 0 bridgehead atoms. The first-order valence-electron chi connectivity index (χ1n) is 7.52. The van der Waals surface area contributed by atoms with Gasteiger partial charge < -0.3 is 14.7 Å². The Morgan fingerprint density at radius 1 is 1.23 bits per heavy atom. The summed E-state index contributed by atoms with van der Waals surface area (Å²) < 4.78 is 5.25. The molecule has 1 amide bonds. The lowest BCUT2D eigenvalue weighted by atomic mass is 9.81. The second-order valence-corrected chi connectivity index (χ2v) is 6.30. The lowest BCUT2D eigenvalue weighted by molar-refractivity contribution is -0.133. The molecule has 0 saturated carbocycles. The zero-order valence-corrected chi connectivity index (χ0v) is 13.2. The molecule has 0 unspecified atom stereocenters. The van der Waals surface area contributed by atoms with Crippen LogP contribution in [0.25, 0.3) is 0 Å². The molecule has 5 nitrogen and oxygen atoms in total. The topological polar surface area (TPSA) is 66.8 Å². The third kappa shape index (κ3) is 4.07. The van der Waals surface area contributed by atoms with Gasteiger partial charge in [-0.05, 0) is 36.0 Å². The lowest BCUT2D eigenvalue weighted by Crippen LogP contribution is -2.44. The molecule has 1 heterocycles.